The number of carbonyl (C=O) groups is 1. The van der Waals surface area contributed by atoms with Gasteiger partial charge in [-0.15, -0.1) is 0 Å². The maximum absolute atomic E-state index is 12.9. The average Bonchev–Trinajstić information content (AvgIpc) is 3.24. The van der Waals surface area contributed by atoms with Crippen LogP contribution in [0.15, 0.2) is 45.7 Å². The van der Waals surface area contributed by atoms with Crippen molar-refractivity contribution in [3.8, 4) is 0 Å². The molecule has 1 aliphatic carbocycles. The first-order valence-electron chi connectivity index (χ1n) is 11.3. The summed E-state index contributed by atoms with van der Waals surface area (Å²) in [7, 11) is -1.71. The molecule has 1 saturated heterocycles. The molecule has 0 radical (unpaired) electrons. The first-order chi connectivity index (χ1) is 15.2. The highest BCUT2D eigenvalue weighted by atomic mass is 32.2. The lowest BCUT2D eigenvalue weighted by atomic mass is 9.93. The minimum Gasteiger partial charge on any atom is -0.322 e. The molecule has 2 aromatic carbocycles. The lowest BCUT2D eigenvalue weighted by molar-refractivity contribution is 0.102. The van der Waals surface area contributed by atoms with Crippen LogP contribution in [0.1, 0.15) is 53.2 Å². The molecule has 0 saturated carbocycles. The number of anilines is 1. The Balaban J connectivity index is 1.51. The fraction of sp³-hybridized carbons (Fsp3) is 0.440. The van der Waals surface area contributed by atoms with Crippen molar-refractivity contribution in [3.63, 3.8) is 0 Å². The largest absolute Gasteiger partial charge is 0.322 e. The van der Waals surface area contributed by atoms with Gasteiger partial charge in [0.15, 0.2) is 0 Å². The zero-order valence-corrected chi connectivity index (χ0v) is 19.8. The fourth-order valence-corrected chi connectivity index (χ4v) is 5.90. The van der Waals surface area contributed by atoms with Crippen LogP contribution in [0, 0.1) is 12.8 Å². The van der Waals surface area contributed by atoms with E-state index in [1.54, 1.807) is 19.1 Å². The maximum atomic E-state index is 12.9. The third-order valence-corrected chi connectivity index (χ3v) is 8.09. The molecule has 6 nitrogen and oxygen atoms in total. The van der Waals surface area contributed by atoms with Crippen molar-refractivity contribution >= 4 is 27.3 Å². The predicted molar refractivity (Wildman–Crippen MR) is 128 cm³/mol. The molecule has 1 aliphatic heterocycles. The monoisotopic (exact) mass is 453 g/mol. The summed E-state index contributed by atoms with van der Waals surface area (Å²) < 4.78 is 29.9. The predicted octanol–water partition coefficient (Wildman–Crippen LogP) is 4.23. The van der Waals surface area contributed by atoms with Crippen molar-refractivity contribution in [3.05, 3.63) is 58.7 Å². The zero-order valence-electron chi connectivity index (χ0n) is 19.0. The van der Waals surface area contributed by atoms with E-state index in [4.69, 9.17) is 0 Å². The van der Waals surface area contributed by atoms with E-state index in [0.29, 0.717) is 22.5 Å². The van der Waals surface area contributed by atoms with Gasteiger partial charge in [-0.3, -0.25) is 4.79 Å². The third-order valence-electron chi connectivity index (χ3n) is 6.71. The molecule has 2 aromatic rings. The molecule has 1 N–H and O–H groups in total. The van der Waals surface area contributed by atoms with Gasteiger partial charge in [0.05, 0.1) is 4.90 Å². The summed E-state index contributed by atoms with van der Waals surface area (Å²) in [5.41, 5.74) is 5.05. The van der Waals surface area contributed by atoms with Crippen LogP contribution in [0.25, 0.3) is 0 Å². The van der Waals surface area contributed by atoms with Gasteiger partial charge in [0.25, 0.3) is 15.9 Å². The van der Waals surface area contributed by atoms with Crippen molar-refractivity contribution in [2.75, 3.05) is 25.5 Å². The van der Waals surface area contributed by atoms with Gasteiger partial charge in [-0.2, -0.15) is 12.8 Å². The molecule has 0 bridgehead atoms. The number of hydrogen-bond acceptors (Lipinski definition) is 4. The van der Waals surface area contributed by atoms with E-state index in [9.17, 15) is 13.2 Å². The first-order valence-corrected chi connectivity index (χ1v) is 12.7. The number of nitrogens with one attached hydrogen (secondary N) is 1. The van der Waals surface area contributed by atoms with Gasteiger partial charge in [-0.25, -0.2) is 0 Å². The number of carbonyl (C=O) groups excluding carboxylic acids is 1. The Morgan fingerprint density at radius 2 is 1.88 bits per heavy atom. The molecule has 32 heavy (non-hydrogen) atoms. The Kier molecular flexibility index (Phi) is 6.49. The van der Waals surface area contributed by atoms with E-state index in [0.717, 1.165) is 50.8 Å². The van der Waals surface area contributed by atoms with Crippen LogP contribution in [0.4, 0.5) is 5.69 Å². The number of piperidine rings is 1. The minimum absolute atomic E-state index is 0.154. The third kappa shape index (κ3) is 4.79. The molecular formula is C25H31N3O3S. The number of benzene rings is 2. The van der Waals surface area contributed by atoms with Gasteiger partial charge in [0, 0.05) is 22.9 Å². The van der Waals surface area contributed by atoms with E-state index < -0.39 is 10.0 Å². The van der Waals surface area contributed by atoms with Crippen LogP contribution < -0.4 is 5.32 Å². The van der Waals surface area contributed by atoms with Gasteiger partial charge in [0.1, 0.15) is 0 Å². The molecule has 2 aliphatic rings. The summed E-state index contributed by atoms with van der Waals surface area (Å²) in [6.07, 6.45) is 4.86. The standard InChI is InChI=1S/C25H31N3O3S/c1-17-16-21(32(30,31)27-18(2)19-12-14-28(3)15-13-19)10-11-24(17)26-25(29)23-9-5-7-20-6-4-8-22(20)23/h5,7,9-11,16,19H,4,6,8,12-15H2,1-3H3,(H,26,29). The summed E-state index contributed by atoms with van der Waals surface area (Å²) in [5, 5.41) is 2.96. The van der Waals surface area contributed by atoms with Crippen molar-refractivity contribution in [2.24, 2.45) is 10.3 Å². The lowest BCUT2D eigenvalue weighted by Gasteiger charge is -2.28. The normalized spacial score (nSPS) is 17.9. The number of hydrogen-bond donors (Lipinski definition) is 1. The smallest absolute Gasteiger partial charge is 0.282 e. The molecule has 0 unspecified atom stereocenters. The highest BCUT2D eigenvalue weighted by Crippen LogP contribution is 2.27. The molecule has 4 rings (SSSR count). The van der Waals surface area contributed by atoms with Crippen molar-refractivity contribution < 1.29 is 13.2 Å². The molecule has 1 fully saturated rings. The second-order valence-electron chi connectivity index (χ2n) is 9.01. The topological polar surface area (TPSA) is 78.8 Å². The Labute approximate surface area is 190 Å². The van der Waals surface area contributed by atoms with Gasteiger partial charge < -0.3 is 10.2 Å². The number of amides is 1. The molecule has 7 heteroatoms. The van der Waals surface area contributed by atoms with Crippen molar-refractivity contribution in [1.82, 2.24) is 4.90 Å². The van der Waals surface area contributed by atoms with E-state index in [-0.39, 0.29) is 16.7 Å². The van der Waals surface area contributed by atoms with Crippen LogP contribution in [0.2, 0.25) is 0 Å². The number of aryl methyl sites for hydroxylation is 2. The lowest BCUT2D eigenvalue weighted by Crippen LogP contribution is -2.33. The quantitative estimate of drug-likeness (QED) is 0.687. The average molecular weight is 454 g/mol. The highest BCUT2D eigenvalue weighted by molar-refractivity contribution is 7.90. The Hall–Kier alpha value is -2.51. The van der Waals surface area contributed by atoms with Crippen LogP contribution in [0.3, 0.4) is 0 Å². The number of fused-ring (bicyclic) bond motifs is 1. The van der Waals surface area contributed by atoms with Crippen LogP contribution in [-0.4, -0.2) is 45.1 Å². The molecule has 0 aromatic heterocycles. The molecule has 0 atom stereocenters. The molecule has 170 valence electrons. The number of rotatable bonds is 5. The Morgan fingerprint density at radius 3 is 2.59 bits per heavy atom. The number of likely N-dealkylation sites (tertiary alicyclic amines) is 1. The Bertz CT molecular complexity index is 1160. The van der Waals surface area contributed by atoms with Crippen LogP contribution >= 0.6 is 0 Å². The fourth-order valence-electron chi connectivity index (χ4n) is 4.70. The molecule has 1 heterocycles. The van der Waals surface area contributed by atoms with Gasteiger partial charge in [-0.05, 0) is 107 Å². The van der Waals surface area contributed by atoms with Gasteiger partial charge >= 0.3 is 0 Å². The summed E-state index contributed by atoms with van der Waals surface area (Å²) in [6, 6.07) is 10.6. The van der Waals surface area contributed by atoms with E-state index in [1.807, 2.05) is 19.1 Å². The summed E-state index contributed by atoms with van der Waals surface area (Å²) in [4.78, 5) is 15.3. The minimum atomic E-state index is -3.79. The van der Waals surface area contributed by atoms with Crippen LogP contribution in [0.5, 0.6) is 0 Å². The maximum Gasteiger partial charge on any atom is 0.282 e. The summed E-state index contributed by atoms with van der Waals surface area (Å²) >= 11 is 0. The second-order valence-corrected chi connectivity index (χ2v) is 10.6. The number of nitrogens with zero attached hydrogens (tertiary/aromatic N) is 2. The van der Waals surface area contributed by atoms with E-state index in [1.165, 1.54) is 11.6 Å². The van der Waals surface area contributed by atoms with E-state index >= 15 is 0 Å². The van der Waals surface area contributed by atoms with E-state index in [2.05, 4.69) is 27.7 Å². The SMILES string of the molecule is CC(=NS(=O)(=O)c1ccc(NC(=O)c2cccc3c2CCC3)c(C)c1)C1CCN(C)CC1. The van der Waals surface area contributed by atoms with Crippen molar-refractivity contribution in [2.45, 2.75) is 50.8 Å². The molecular weight excluding hydrogens is 422 g/mol. The van der Waals surface area contributed by atoms with Crippen LogP contribution in [-0.2, 0) is 22.9 Å². The number of sulfonamides is 1. The Morgan fingerprint density at radius 1 is 1.12 bits per heavy atom. The second kappa shape index (κ2) is 9.16. The summed E-state index contributed by atoms with van der Waals surface area (Å²) in [5.74, 6) is 0.0480. The molecule has 0 spiro atoms. The van der Waals surface area contributed by atoms with Gasteiger partial charge in [-0.1, -0.05) is 12.1 Å². The first kappa shape index (κ1) is 22.7. The summed E-state index contributed by atoms with van der Waals surface area (Å²) in [6.45, 7) is 5.52. The highest BCUT2D eigenvalue weighted by Gasteiger charge is 2.23. The van der Waals surface area contributed by atoms with Crippen molar-refractivity contribution in [1.29, 1.82) is 0 Å². The molecule has 1 amide bonds. The zero-order chi connectivity index (χ0) is 22.9. The van der Waals surface area contributed by atoms with Gasteiger partial charge in [0.2, 0.25) is 0 Å².